The van der Waals surface area contributed by atoms with E-state index in [9.17, 15) is 10.1 Å². The molecule has 2 aromatic carbocycles. The quantitative estimate of drug-likeness (QED) is 0.679. The lowest BCUT2D eigenvalue weighted by Crippen LogP contribution is -1.97. The Balaban J connectivity index is 2.39. The SMILES string of the molecule is NCc1ccc(Oc2cc(Cl)ccc2[N+](=O)[O-])c(Cl)c1. The summed E-state index contributed by atoms with van der Waals surface area (Å²) in [6, 6.07) is 9.05. The number of hydrogen-bond acceptors (Lipinski definition) is 4. The van der Waals surface area contributed by atoms with Gasteiger partial charge in [0.1, 0.15) is 5.75 Å². The van der Waals surface area contributed by atoms with Gasteiger partial charge >= 0.3 is 5.69 Å². The molecule has 104 valence electrons. The van der Waals surface area contributed by atoms with Gasteiger partial charge < -0.3 is 10.5 Å². The Kier molecular flexibility index (Phi) is 4.44. The second kappa shape index (κ2) is 6.09. The molecule has 0 amide bonds. The summed E-state index contributed by atoms with van der Waals surface area (Å²) in [5.74, 6) is 0.333. The minimum absolute atomic E-state index is 0.0323. The van der Waals surface area contributed by atoms with Gasteiger partial charge in [0.2, 0.25) is 5.75 Å². The van der Waals surface area contributed by atoms with Gasteiger partial charge in [-0.1, -0.05) is 29.3 Å². The molecule has 0 heterocycles. The fraction of sp³-hybridized carbons (Fsp3) is 0.0769. The molecule has 0 saturated heterocycles. The molecule has 0 saturated carbocycles. The normalized spacial score (nSPS) is 10.3. The third-order valence-electron chi connectivity index (χ3n) is 2.57. The van der Waals surface area contributed by atoms with Crippen LogP contribution in [-0.2, 0) is 6.54 Å². The predicted octanol–water partition coefficient (Wildman–Crippen LogP) is 4.15. The van der Waals surface area contributed by atoms with Crippen LogP contribution in [0.2, 0.25) is 10.0 Å². The van der Waals surface area contributed by atoms with Crippen molar-refractivity contribution in [2.24, 2.45) is 5.73 Å². The van der Waals surface area contributed by atoms with Crippen LogP contribution in [0.5, 0.6) is 11.5 Å². The summed E-state index contributed by atoms with van der Waals surface area (Å²) < 4.78 is 5.48. The zero-order valence-electron chi connectivity index (χ0n) is 10.2. The van der Waals surface area contributed by atoms with Crippen molar-refractivity contribution in [3.05, 3.63) is 62.1 Å². The Morgan fingerprint density at radius 3 is 2.50 bits per heavy atom. The first-order chi connectivity index (χ1) is 9.51. The molecule has 0 spiro atoms. The van der Waals surface area contributed by atoms with Crippen LogP contribution in [0.15, 0.2) is 36.4 Å². The number of ether oxygens (including phenoxy) is 1. The molecule has 2 rings (SSSR count). The number of nitro groups is 1. The first kappa shape index (κ1) is 14.6. The van der Waals surface area contributed by atoms with E-state index in [1.807, 2.05) is 0 Å². The molecule has 20 heavy (non-hydrogen) atoms. The predicted molar refractivity (Wildman–Crippen MR) is 77.5 cm³/mol. The molecule has 0 aliphatic rings. The van der Waals surface area contributed by atoms with Crippen molar-refractivity contribution in [2.45, 2.75) is 6.54 Å². The standard InChI is InChI=1S/C13H10Cl2N2O3/c14-9-2-3-11(17(18)19)13(6-9)20-12-4-1-8(7-16)5-10(12)15/h1-6H,7,16H2. The van der Waals surface area contributed by atoms with Crippen LogP contribution >= 0.6 is 23.2 Å². The van der Waals surface area contributed by atoms with Gasteiger partial charge in [-0.05, 0) is 23.8 Å². The molecule has 0 radical (unpaired) electrons. The van der Waals surface area contributed by atoms with Crippen LogP contribution in [0.4, 0.5) is 5.69 Å². The minimum atomic E-state index is -0.548. The summed E-state index contributed by atoms with van der Waals surface area (Å²) in [7, 11) is 0. The smallest absolute Gasteiger partial charge is 0.311 e. The maximum Gasteiger partial charge on any atom is 0.311 e. The molecule has 2 aromatic rings. The van der Waals surface area contributed by atoms with Gasteiger partial charge in [0.25, 0.3) is 0 Å². The molecule has 5 nitrogen and oxygen atoms in total. The molecule has 0 unspecified atom stereocenters. The van der Waals surface area contributed by atoms with Crippen molar-refractivity contribution < 1.29 is 9.66 Å². The first-order valence-electron chi connectivity index (χ1n) is 5.61. The van der Waals surface area contributed by atoms with Crippen molar-refractivity contribution in [1.29, 1.82) is 0 Å². The highest BCUT2D eigenvalue weighted by atomic mass is 35.5. The van der Waals surface area contributed by atoms with E-state index in [0.29, 0.717) is 22.3 Å². The van der Waals surface area contributed by atoms with Gasteiger partial charge in [-0.15, -0.1) is 0 Å². The van der Waals surface area contributed by atoms with Crippen molar-refractivity contribution in [1.82, 2.24) is 0 Å². The van der Waals surface area contributed by atoms with Crippen molar-refractivity contribution >= 4 is 28.9 Å². The maximum atomic E-state index is 10.9. The Morgan fingerprint density at radius 1 is 1.15 bits per heavy atom. The lowest BCUT2D eigenvalue weighted by Gasteiger charge is -2.09. The number of nitro benzene ring substituents is 1. The number of halogens is 2. The summed E-state index contributed by atoms with van der Waals surface area (Å²) in [5.41, 5.74) is 6.15. The number of hydrogen-bond donors (Lipinski definition) is 1. The summed E-state index contributed by atoms with van der Waals surface area (Å²) in [4.78, 5) is 10.4. The molecule has 0 fully saturated rings. The number of nitrogens with zero attached hydrogens (tertiary/aromatic N) is 1. The molecule has 0 aliphatic carbocycles. The molecule has 0 bridgehead atoms. The van der Waals surface area contributed by atoms with E-state index in [1.54, 1.807) is 18.2 Å². The van der Waals surface area contributed by atoms with Gasteiger partial charge in [-0.25, -0.2) is 0 Å². The van der Waals surface area contributed by atoms with Crippen LogP contribution in [0.3, 0.4) is 0 Å². The Hall–Kier alpha value is -1.82. The zero-order valence-corrected chi connectivity index (χ0v) is 11.7. The van der Waals surface area contributed by atoms with Crippen molar-refractivity contribution in [3.8, 4) is 11.5 Å². The summed E-state index contributed by atoms with van der Waals surface area (Å²) in [6.07, 6.45) is 0. The molecule has 0 aromatic heterocycles. The average molecular weight is 313 g/mol. The van der Waals surface area contributed by atoms with E-state index in [1.165, 1.54) is 18.2 Å². The Bertz CT molecular complexity index is 662. The topological polar surface area (TPSA) is 78.4 Å². The Morgan fingerprint density at radius 2 is 1.90 bits per heavy atom. The van der Waals surface area contributed by atoms with Crippen LogP contribution in [0.1, 0.15) is 5.56 Å². The summed E-state index contributed by atoms with van der Waals surface area (Å²) in [5, 5.41) is 11.6. The van der Waals surface area contributed by atoms with Crippen LogP contribution in [0, 0.1) is 10.1 Å². The third kappa shape index (κ3) is 3.19. The molecule has 0 aliphatic heterocycles. The number of rotatable bonds is 4. The summed E-state index contributed by atoms with van der Waals surface area (Å²) in [6.45, 7) is 0.345. The molecule has 2 N–H and O–H groups in total. The largest absolute Gasteiger partial charge is 0.449 e. The average Bonchev–Trinajstić information content (AvgIpc) is 2.40. The molecule has 7 heteroatoms. The molecule has 0 atom stereocenters. The summed E-state index contributed by atoms with van der Waals surface area (Å²) >= 11 is 11.9. The van der Waals surface area contributed by atoms with Crippen LogP contribution in [0.25, 0.3) is 0 Å². The fourth-order valence-electron chi connectivity index (χ4n) is 1.59. The third-order valence-corrected chi connectivity index (χ3v) is 3.10. The van der Waals surface area contributed by atoms with Gasteiger partial charge in [0, 0.05) is 23.7 Å². The van der Waals surface area contributed by atoms with Crippen molar-refractivity contribution in [3.63, 3.8) is 0 Å². The van der Waals surface area contributed by atoms with E-state index < -0.39 is 4.92 Å². The van der Waals surface area contributed by atoms with E-state index >= 15 is 0 Å². The Labute approximate surface area is 125 Å². The van der Waals surface area contributed by atoms with Gasteiger partial charge in [0.15, 0.2) is 0 Å². The van der Waals surface area contributed by atoms with E-state index in [2.05, 4.69) is 0 Å². The van der Waals surface area contributed by atoms with Crippen LogP contribution < -0.4 is 10.5 Å². The highest BCUT2D eigenvalue weighted by molar-refractivity contribution is 6.32. The van der Waals surface area contributed by atoms with Gasteiger partial charge in [0.05, 0.1) is 9.95 Å². The van der Waals surface area contributed by atoms with Crippen LogP contribution in [-0.4, -0.2) is 4.92 Å². The highest BCUT2D eigenvalue weighted by Crippen LogP contribution is 2.36. The monoisotopic (exact) mass is 312 g/mol. The first-order valence-corrected chi connectivity index (χ1v) is 6.37. The fourth-order valence-corrected chi connectivity index (χ4v) is 2.00. The highest BCUT2D eigenvalue weighted by Gasteiger charge is 2.17. The molecular formula is C13H10Cl2N2O3. The van der Waals surface area contributed by atoms with E-state index in [-0.39, 0.29) is 11.4 Å². The van der Waals surface area contributed by atoms with Gasteiger partial charge in [-0.2, -0.15) is 0 Å². The number of benzene rings is 2. The van der Waals surface area contributed by atoms with E-state index in [4.69, 9.17) is 33.7 Å². The number of nitrogens with two attached hydrogens (primary N) is 1. The molecular weight excluding hydrogens is 303 g/mol. The van der Waals surface area contributed by atoms with E-state index in [0.717, 1.165) is 5.56 Å². The lowest BCUT2D eigenvalue weighted by molar-refractivity contribution is -0.385. The maximum absolute atomic E-state index is 10.9. The second-order valence-corrected chi connectivity index (χ2v) is 4.78. The lowest BCUT2D eigenvalue weighted by atomic mass is 10.2. The minimum Gasteiger partial charge on any atom is -0.449 e. The van der Waals surface area contributed by atoms with Gasteiger partial charge in [-0.3, -0.25) is 10.1 Å². The van der Waals surface area contributed by atoms with Crippen molar-refractivity contribution in [2.75, 3.05) is 0 Å². The second-order valence-electron chi connectivity index (χ2n) is 3.94. The zero-order chi connectivity index (χ0) is 14.7.